The van der Waals surface area contributed by atoms with E-state index in [2.05, 4.69) is 6.92 Å². The molecule has 1 aromatic carbocycles. The van der Waals surface area contributed by atoms with E-state index in [9.17, 15) is 4.39 Å². The van der Waals surface area contributed by atoms with Crippen molar-refractivity contribution in [2.75, 3.05) is 0 Å². The Kier molecular flexibility index (Phi) is 2.30. The largest absolute Gasteiger partial charge is 0.324 e. The minimum atomic E-state index is -0.174. The van der Waals surface area contributed by atoms with E-state index < -0.39 is 0 Å². The maximum absolute atomic E-state index is 12.9. The van der Waals surface area contributed by atoms with Crippen LogP contribution in [0.2, 0.25) is 0 Å². The Labute approximate surface area is 81.5 Å². The molecule has 0 radical (unpaired) electrons. The number of rotatable bonds is 0. The summed E-state index contributed by atoms with van der Waals surface area (Å²) in [7, 11) is 0. The first-order valence-electron chi connectivity index (χ1n) is 4.38. The van der Waals surface area contributed by atoms with Crippen LogP contribution < -0.4 is 5.73 Å². The molecule has 1 aromatic rings. The molecule has 0 spiro atoms. The molecule has 0 saturated heterocycles. The average Bonchev–Trinajstić information content (AvgIpc) is 2.02. The van der Waals surface area contributed by atoms with Crippen LogP contribution in [0.5, 0.6) is 0 Å². The molecule has 2 unspecified atom stereocenters. The second-order valence-electron chi connectivity index (χ2n) is 3.45. The van der Waals surface area contributed by atoms with Gasteiger partial charge in [-0.25, -0.2) is 4.39 Å². The molecule has 1 nitrogen and oxygen atoms in total. The van der Waals surface area contributed by atoms with Crippen LogP contribution in [0.3, 0.4) is 0 Å². The van der Waals surface area contributed by atoms with Gasteiger partial charge < -0.3 is 5.73 Å². The van der Waals surface area contributed by atoms with Gasteiger partial charge in [-0.1, -0.05) is 13.0 Å². The van der Waals surface area contributed by atoms with Crippen molar-refractivity contribution in [1.82, 2.24) is 0 Å². The third-order valence-electron chi connectivity index (χ3n) is 2.29. The van der Waals surface area contributed by atoms with Crippen LogP contribution in [0.25, 0.3) is 0 Å². The Morgan fingerprint density at radius 1 is 1.54 bits per heavy atom. The lowest BCUT2D eigenvalue weighted by molar-refractivity contribution is 0.600. The molecule has 0 saturated carbocycles. The van der Waals surface area contributed by atoms with Crippen LogP contribution in [0.15, 0.2) is 23.1 Å². The molecular weight excluding hydrogens is 185 g/mol. The molecule has 1 heterocycles. The van der Waals surface area contributed by atoms with E-state index >= 15 is 0 Å². The van der Waals surface area contributed by atoms with Crippen LogP contribution in [0.4, 0.5) is 4.39 Å². The van der Waals surface area contributed by atoms with E-state index in [1.165, 1.54) is 6.07 Å². The summed E-state index contributed by atoms with van der Waals surface area (Å²) in [4.78, 5) is 1.01. The lowest BCUT2D eigenvalue weighted by atomic mass is 10.0. The van der Waals surface area contributed by atoms with Crippen molar-refractivity contribution in [3.63, 3.8) is 0 Å². The molecule has 0 bridgehead atoms. The van der Waals surface area contributed by atoms with Crippen molar-refractivity contribution in [3.05, 3.63) is 29.6 Å². The van der Waals surface area contributed by atoms with Crippen molar-refractivity contribution in [2.45, 2.75) is 29.5 Å². The summed E-state index contributed by atoms with van der Waals surface area (Å²) in [6, 6.07) is 4.94. The molecule has 0 amide bonds. The van der Waals surface area contributed by atoms with E-state index in [1.807, 2.05) is 0 Å². The number of thioether (sulfide) groups is 1. The Morgan fingerprint density at radius 3 is 3.08 bits per heavy atom. The zero-order chi connectivity index (χ0) is 9.42. The summed E-state index contributed by atoms with van der Waals surface area (Å²) in [5.41, 5.74) is 7.04. The fourth-order valence-corrected chi connectivity index (χ4v) is 2.94. The first-order chi connectivity index (χ1) is 6.16. The summed E-state index contributed by atoms with van der Waals surface area (Å²) < 4.78 is 12.9. The van der Waals surface area contributed by atoms with Crippen LogP contribution in [0.1, 0.15) is 24.9 Å². The van der Waals surface area contributed by atoms with Crippen molar-refractivity contribution in [3.8, 4) is 0 Å². The number of halogens is 1. The monoisotopic (exact) mass is 197 g/mol. The van der Waals surface area contributed by atoms with Gasteiger partial charge in [-0.2, -0.15) is 0 Å². The second kappa shape index (κ2) is 3.31. The van der Waals surface area contributed by atoms with E-state index in [4.69, 9.17) is 5.73 Å². The van der Waals surface area contributed by atoms with Gasteiger partial charge in [-0.15, -0.1) is 11.8 Å². The van der Waals surface area contributed by atoms with Gasteiger partial charge in [0.1, 0.15) is 5.82 Å². The summed E-state index contributed by atoms with van der Waals surface area (Å²) in [6.45, 7) is 2.12. The van der Waals surface area contributed by atoms with Crippen LogP contribution in [0, 0.1) is 5.82 Å². The zero-order valence-electron chi connectivity index (χ0n) is 7.46. The van der Waals surface area contributed by atoms with Crippen LogP contribution in [-0.4, -0.2) is 5.25 Å². The fourth-order valence-electron chi connectivity index (χ4n) is 1.67. The van der Waals surface area contributed by atoms with Crippen LogP contribution in [-0.2, 0) is 0 Å². The van der Waals surface area contributed by atoms with Gasteiger partial charge in [0, 0.05) is 16.2 Å². The lowest BCUT2D eigenvalue weighted by Crippen LogP contribution is -2.20. The van der Waals surface area contributed by atoms with Gasteiger partial charge in [-0.05, 0) is 24.1 Å². The predicted molar refractivity (Wildman–Crippen MR) is 53.3 cm³/mol. The van der Waals surface area contributed by atoms with Crippen molar-refractivity contribution >= 4 is 11.8 Å². The standard InChI is InChI=1S/C10H12FNS/c1-6-4-9(12)8-3-2-7(11)5-10(8)13-6/h2-3,5-6,9H,4,12H2,1H3. The first-order valence-corrected chi connectivity index (χ1v) is 5.26. The molecule has 2 rings (SSSR count). The molecule has 0 fully saturated rings. The smallest absolute Gasteiger partial charge is 0.124 e. The van der Waals surface area contributed by atoms with E-state index in [0.717, 1.165) is 16.9 Å². The van der Waals surface area contributed by atoms with Gasteiger partial charge in [-0.3, -0.25) is 0 Å². The van der Waals surface area contributed by atoms with Gasteiger partial charge in [0.05, 0.1) is 0 Å². The quantitative estimate of drug-likeness (QED) is 0.692. The summed E-state index contributed by atoms with van der Waals surface area (Å²) in [5.74, 6) is -0.174. The SMILES string of the molecule is CC1CC(N)c2ccc(F)cc2S1. The summed E-state index contributed by atoms with van der Waals surface area (Å²) >= 11 is 1.71. The topological polar surface area (TPSA) is 26.0 Å². The molecule has 2 atom stereocenters. The van der Waals surface area contributed by atoms with Crippen molar-refractivity contribution in [1.29, 1.82) is 0 Å². The third kappa shape index (κ3) is 1.71. The highest BCUT2D eigenvalue weighted by atomic mass is 32.2. The fraction of sp³-hybridized carbons (Fsp3) is 0.400. The zero-order valence-corrected chi connectivity index (χ0v) is 8.27. The Hall–Kier alpha value is -0.540. The molecular formula is C10H12FNS. The number of fused-ring (bicyclic) bond motifs is 1. The molecule has 0 aromatic heterocycles. The highest BCUT2D eigenvalue weighted by molar-refractivity contribution is 8.00. The van der Waals surface area contributed by atoms with E-state index in [-0.39, 0.29) is 11.9 Å². The van der Waals surface area contributed by atoms with E-state index in [0.29, 0.717) is 5.25 Å². The lowest BCUT2D eigenvalue weighted by Gasteiger charge is -2.26. The molecule has 3 heteroatoms. The Bertz CT molecular complexity index is 327. The number of nitrogens with two attached hydrogens (primary N) is 1. The maximum atomic E-state index is 12.9. The second-order valence-corrected chi connectivity index (χ2v) is 4.93. The average molecular weight is 197 g/mol. The van der Waals surface area contributed by atoms with Crippen LogP contribution >= 0.6 is 11.8 Å². The number of benzene rings is 1. The molecule has 70 valence electrons. The molecule has 1 aliphatic rings. The number of hydrogen-bond donors (Lipinski definition) is 1. The molecule has 1 aliphatic heterocycles. The predicted octanol–water partition coefficient (Wildman–Crippen LogP) is 2.71. The highest BCUT2D eigenvalue weighted by Gasteiger charge is 2.22. The van der Waals surface area contributed by atoms with Gasteiger partial charge >= 0.3 is 0 Å². The minimum Gasteiger partial charge on any atom is -0.324 e. The molecule has 13 heavy (non-hydrogen) atoms. The van der Waals surface area contributed by atoms with Gasteiger partial charge in [0.15, 0.2) is 0 Å². The maximum Gasteiger partial charge on any atom is 0.124 e. The molecule has 0 aliphatic carbocycles. The van der Waals surface area contributed by atoms with Gasteiger partial charge in [0.2, 0.25) is 0 Å². The van der Waals surface area contributed by atoms with Gasteiger partial charge in [0.25, 0.3) is 0 Å². The van der Waals surface area contributed by atoms with Crippen molar-refractivity contribution in [2.24, 2.45) is 5.73 Å². The minimum absolute atomic E-state index is 0.0758. The molecule has 2 N–H and O–H groups in total. The first kappa shape index (κ1) is 9.03. The van der Waals surface area contributed by atoms with Crippen molar-refractivity contribution < 1.29 is 4.39 Å². The summed E-state index contributed by atoms with van der Waals surface area (Å²) in [5, 5.41) is 0.490. The Morgan fingerprint density at radius 2 is 2.31 bits per heavy atom. The highest BCUT2D eigenvalue weighted by Crippen LogP contribution is 2.39. The number of hydrogen-bond acceptors (Lipinski definition) is 2. The van der Waals surface area contributed by atoms with E-state index in [1.54, 1.807) is 23.9 Å². The Balaban J connectivity index is 2.43. The third-order valence-corrected chi connectivity index (χ3v) is 3.49. The summed E-state index contributed by atoms with van der Waals surface area (Å²) in [6.07, 6.45) is 0.975. The normalized spacial score (nSPS) is 27.0.